The number of aromatic amines is 1. The summed E-state index contributed by atoms with van der Waals surface area (Å²) in [6.45, 7) is 0.711. The van der Waals surface area contributed by atoms with Gasteiger partial charge in [0.15, 0.2) is 0 Å². The number of nitrogens with zero attached hydrogens (tertiary/aromatic N) is 1. The molecule has 1 aliphatic rings. The van der Waals surface area contributed by atoms with Crippen LogP contribution in [-0.2, 0) is 38.1 Å². The van der Waals surface area contributed by atoms with Crippen LogP contribution in [0.3, 0.4) is 0 Å². The van der Waals surface area contributed by atoms with Crippen molar-refractivity contribution in [2.45, 2.75) is 37.9 Å². The lowest BCUT2D eigenvalue weighted by Crippen LogP contribution is -2.36. The van der Waals surface area contributed by atoms with E-state index in [2.05, 4.69) is 13.1 Å². The Kier molecular flexibility index (Phi) is 7.99. The molecule has 0 amide bonds. The molecule has 6 atom stereocenters. The Morgan fingerprint density at radius 2 is 1.68 bits per heavy atom. The molecule has 20 heteroatoms. The van der Waals surface area contributed by atoms with Gasteiger partial charge >= 0.3 is 29.2 Å². The number of ether oxygens (including phenoxy) is 1. The quantitative estimate of drug-likeness (QED) is 0.177. The van der Waals surface area contributed by atoms with Crippen molar-refractivity contribution in [3.63, 3.8) is 0 Å². The predicted octanol–water partition coefficient (Wildman–Crippen LogP) is -1.94. The molecule has 0 aliphatic carbocycles. The summed E-state index contributed by atoms with van der Waals surface area (Å²) >= 11 is 0. The van der Waals surface area contributed by atoms with Crippen molar-refractivity contribution in [1.82, 2.24) is 9.55 Å². The summed E-state index contributed by atoms with van der Waals surface area (Å²) in [7, 11) is -16.8. The molecule has 2 rings (SSSR count). The number of hydrogen-bond donors (Lipinski definition) is 7. The molecule has 0 aromatic carbocycles. The summed E-state index contributed by atoms with van der Waals surface area (Å²) in [4.78, 5) is 61.1. The maximum absolute atomic E-state index is 12.0. The number of phosphoric ester groups is 1. The van der Waals surface area contributed by atoms with Crippen molar-refractivity contribution in [1.29, 1.82) is 0 Å². The molecule has 31 heavy (non-hydrogen) atoms. The maximum Gasteiger partial charge on any atom is 0.490 e. The Labute approximate surface area is 172 Å². The van der Waals surface area contributed by atoms with E-state index in [9.17, 15) is 38.4 Å². The van der Waals surface area contributed by atoms with Crippen LogP contribution in [0.2, 0.25) is 0 Å². The summed E-state index contributed by atoms with van der Waals surface area (Å²) in [6.07, 6.45) is -5.47. The van der Waals surface area contributed by atoms with Crippen molar-refractivity contribution in [3.05, 3.63) is 32.6 Å². The first kappa shape index (κ1) is 26.2. The molecule has 1 aliphatic heterocycles. The number of aryl methyl sites for hydroxylation is 1. The van der Waals surface area contributed by atoms with E-state index in [1.54, 1.807) is 6.92 Å². The molecule has 0 saturated carbocycles. The van der Waals surface area contributed by atoms with Crippen LogP contribution in [0.1, 0.15) is 18.6 Å². The lowest BCUT2D eigenvalue weighted by atomic mass is 10.0. The lowest BCUT2D eigenvalue weighted by Gasteiger charge is -2.19. The normalized spacial score (nSPS) is 28.2. The molecule has 1 fully saturated rings. The summed E-state index contributed by atoms with van der Waals surface area (Å²) < 4.78 is 51.4. The number of nitrogens with one attached hydrogen (secondary N) is 1. The highest BCUT2D eigenvalue weighted by Gasteiger charge is 2.47. The van der Waals surface area contributed by atoms with E-state index in [-0.39, 0.29) is 12.1 Å². The van der Waals surface area contributed by atoms with Gasteiger partial charge < -0.3 is 39.1 Å². The first-order valence-electron chi connectivity index (χ1n) is 8.19. The van der Waals surface area contributed by atoms with E-state index in [0.29, 0.717) is 0 Å². The smallest absolute Gasteiger partial charge is 0.387 e. The minimum atomic E-state index is -5.74. The summed E-state index contributed by atoms with van der Waals surface area (Å²) in [5, 5.41) is 20.2. The van der Waals surface area contributed by atoms with Crippen molar-refractivity contribution in [2.75, 3.05) is 6.61 Å². The first-order valence-corrected chi connectivity index (χ1v) is 12.7. The van der Waals surface area contributed by atoms with Gasteiger partial charge in [0.25, 0.3) is 5.56 Å². The largest absolute Gasteiger partial charge is 0.490 e. The molecule has 1 saturated heterocycles. The first-order chi connectivity index (χ1) is 14.1. The molecule has 2 heterocycles. The molecule has 1 aromatic rings. The zero-order chi connectivity index (χ0) is 23.8. The standard InChI is InChI=1S/C11H19N2O15P3/c1-2-13-3-5(10(16)12-11(13)17)9-8(15)7(14)6(26-9)4-25-30(21,22)28-31(23,24)27-29(18,19)20/h3,6-9,14-15H,2,4H2,1H3,(H,21,22)(H,23,24)(H,12,16,17)(H2,18,19,20)/t6-,7+,8+,9+/m1/s1. The van der Waals surface area contributed by atoms with E-state index >= 15 is 0 Å². The van der Waals surface area contributed by atoms with E-state index < -0.39 is 65.7 Å². The second kappa shape index (κ2) is 9.45. The number of rotatable bonds is 9. The zero-order valence-corrected chi connectivity index (χ0v) is 18.1. The Morgan fingerprint density at radius 3 is 2.23 bits per heavy atom. The van der Waals surface area contributed by atoms with Crippen molar-refractivity contribution < 1.29 is 61.4 Å². The van der Waals surface area contributed by atoms with E-state index in [4.69, 9.17) is 19.4 Å². The number of aliphatic hydroxyl groups excluding tert-OH is 2. The number of aliphatic hydroxyl groups is 2. The lowest BCUT2D eigenvalue weighted by molar-refractivity contribution is -0.0228. The fourth-order valence-electron chi connectivity index (χ4n) is 2.58. The minimum Gasteiger partial charge on any atom is -0.387 e. The average Bonchev–Trinajstić information content (AvgIpc) is 2.85. The molecule has 2 unspecified atom stereocenters. The van der Waals surface area contributed by atoms with Crippen LogP contribution in [-0.4, -0.2) is 64.3 Å². The maximum atomic E-state index is 12.0. The third-order valence-corrected chi connectivity index (χ3v) is 7.67. The van der Waals surface area contributed by atoms with Gasteiger partial charge in [-0.05, 0) is 6.92 Å². The number of aromatic nitrogens is 2. The predicted molar refractivity (Wildman–Crippen MR) is 96.4 cm³/mol. The fraction of sp³-hybridized carbons (Fsp3) is 0.636. The second-order valence-corrected chi connectivity index (χ2v) is 10.5. The van der Waals surface area contributed by atoms with Gasteiger partial charge in [-0.2, -0.15) is 8.62 Å². The molecule has 178 valence electrons. The van der Waals surface area contributed by atoms with E-state index in [1.165, 1.54) is 0 Å². The summed E-state index contributed by atoms with van der Waals surface area (Å²) in [5.74, 6) is 0. The van der Waals surface area contributed by atoms with Gasteiger partial charge in [-0.3, -0.25) is 14.3 Å². The van der Waals surface area contributed by atoms with Crippen LogP contribution in [0.15, 0.2) is 15.8 Å². The second-order valence-electron chi connectivity index (χ2n) is 6.09. The van der Waals surface area contributed by atoms with Gasteiger partial charge in [-0.25, -0.2) is 18.5 Å². The molecule has 0 radical (unpaired) electrons. The Bertz CT molecular complexity index is 1060. The molecule has 7 N–H and O–H groups in total. The fourth-order valence-corrected chi connectivity index (χ4v) is 5.61. The van der Waals surface area contributed by atoms with Gasteiger partial charge in [0.05, 0.1) is 12.2 Å². The Balaban J connectivity index is 2.12. The van der Waals surface area contributed by atoms with Gasteiger partial charge in [0.1, 0.15) is 24.4 Å². The monoisotopic (exact) mass is 512 g/mol. The number of phosphoric acid groups is 3. The zero-order valence-electron chi connectivity index (χ0n) is 15.4. The van der Waals surface area contributed by atoms with Gasteiger partial charge in [0.2, 0.25) is 0 Å². The minimum absolute atomic E-state index is 0.156. The SMILES string of the molecule is CCn1cc([C@@H]2O[C@H](COP(=O)(O)OP(=O)(O)OP(=O)(O)O)[C@H](O)[C@@H]2O)c(=O)[nH]c1=O. The number of H-pyrrole nitrogens is 1. The van der Waals surface area contributed by atoms with Crippen molar-refractivity contribution in [2.24, 2.45) is 0 Å². The third-order valence-electron chi connectivity index (χ3n) is 3.87. The van der Waals surface area contributed by atoms with Gasteiger partial charge in [-0.1, -0.05) is 0 Å². The van der Waals surface area contributed by atoms with E-state index in [0.717, 1.165) is 10.8 Å². The molecule has 1 aromatic heterocycles. The highest BCUT2D eigenvalue weighted by atomic mass is 31.3. The van der Waals surface area contributed by atoms with Gasteiger partial charge in [0, 0.05) is 12.7 Å². The highest BCUT2D eigenvalue weighted by molar-refractivity contribution is 7.66. The summed E-state index contributed by atoms with van der Waals surface area (Å²) in [5.41, 5.74) is -1.89. The topological polar surface area (TPSA) is 264 Å². The average molecular weight is 512 g/mol. The summed E-state index contributed by atoms with van der Waals surface area (Å²) in [6, 6.07) is 0. The Morgan fingerprint density at radius 1 is 1.06 bits per heavy atom. The molecule has 17 nitrogen and oxygen atoms in total. The molecular formula is C11H19N2O15P3. The molecule has 0 bridgehead atoms. The number of hydrogen-bond acceptors (Lipinski definition) is 11. The van der Waals surface area contributed by atoms with Crippen LogP contribution in [0.5, 0.6) is 0 Å². The van der Waals surface area contributed by atoms with Gasteiger partial charge in [-0.15, -0.1) is 0 Å². The van der Waals surface area contributed by atoms with Crippen LogP contribution in [0.25, 0.3) is 0 Å². The molecule has 0 spiro atoms. The third kappa shape index (κ3) is 6.97. The van der Waals surface area contributed by atoms with Crippen molar-refractivity contribution >= 4 is 23.5 Å². The highest BCUT2D eigenvalue weighted by Crippen LogP contribution is 2.66. The van der Waals surface area contributed by atoms with Crippen LogP contribution >= 0.6 is 23.5 Å². The van der Waals surface area contributed by atoms with Crippen LogP contribution in [0.4, 0.5) is 0 Å². The van der Waals surface area contributed by atoms with Crippen LogP contribution < -0.4 is 11.2 Å². The van der Waals surface area contributed by atoms with E-state index in [1.807, 2.05) is 4.98 Å². The Hall–Kier alpha value is -1.03. The van der Waals surface area contributed by atoms with Crippen LogP contribution in [0, 0.1) is 0 Å². The molecular weight excluding hydrogens is 493 g/mol. The van der Waals surface area contributed by atoms with Crippen molar-refractivity contribution in [3.8, 4) is 0 Å².